The molecule has 0 atom stereocenters. The quantitative estimate of drug-likeness (QED) is 0.164. The summed E-state index contributed by atoms with van der Waals surface area (Å²) in [4.78, 5) is 13.1. The SMILES string of the molecule is Cc1cc2c(oc3cc4ccccc4cc32)c(-c2cncc[n+]2C)c1C.[2H]C([2H])([2H])c1cc(C)c(-c2cncc[n+]2C)c2oc3cc4ccccc4cc3c12.[2H]C([2H])([2H])c1cnc(-c2c(C)ccc3c2oc2cc4ccccc4cc23)[n+](C)c1. The van der Waals surface area contributed by atoms with E-state index in [-0.39, 0.29) is 5.56 Å². The minimum atomic E-state index is -2.25. The van der Waals surface area contributed by atoms with E-state index in [9.17, 15) is 0 Å². The van der Waals surface area contributed by atoms with Gasteiger partial charge in [0.25, 0.3) is 0 Å². The van der Waals surface area contributed by atoms with Crippen LogP contribution in [0.2, 0.25) is 0 Å². The average Bonchev–Trinajstić information content (AvgIpc) is 1.96. The van der Waals surface area contributed by atoms with Crippen LogP contribution in [0.5, 0.6) is 0 Å². The van der Waals surface area contributed by atoms with Gasteiger partial charge >= 0.3 is 5.82 Å². The van der Waals surface area contributed by atoms with E-state index in [2.05, 4.69) is 112 Å². The molecule has 9 aromatic carbocycles. The van der Waals surface area contributed by atoms with Crippen molar-refractivity contribution >= 4 is 98.1 Å². The van der Waals surface area contributed by atoms with E-state index in [1.165, 1.54) is 28.1 Å². The van der Waals surface area contributed by atoms with Crippen molar-refractivity contribution in [1.29, 1.82) is 0 Å². The zero-order valence-electron chi connectivity index (χ0n) is 50.2. The summed E-state index contributed by atoms with van der Waals surface area (Å²) >= 11 is 0. The lowest BCUT2D eigenvalue weighted by Crippen LogP contribution is -2.32. The molecule has 9 nitrogen and oxygen atoms in total. The lowest BCUT2D eigenvalue weighted by molar-refractivity contribution is -0.663. The fourth-order valence-corrected chi connectivity index (χ4v) is 11.2. The Balaban J connectivity index is 0.000000118. The Hall–Kier alpha value is -9.60. The summed E-state index contributed by atoms with van der Waals surface area (Å²) in [5, 5.41) is 12.7. The minimum Gasteiger partial charge on any atom is -0.455 e. The highest BCUT2D eigenvalue weighted by Crippen LogP contribution is 2.43. The van der Waals surface area contributed by atoms with Gasteiger partial charge in [0.1, 0.15) is 53.8 Å². The van der Waals surface area contributed by atoms with Crippen LogP contribution >= 0.6 is 0 Å². The number of furan rings is 3. The molecule has 0 amide bonds. The number of hydrogen-bond acceptors (Lipinski definition) is 6. The Bertz CT molecular complexity index is 5170. The molecule has 78 heavy (non-hydrogen) atoms. The number of aryl methyl sites for hydroxylation is 8. The Labute approximate surface area is 459 Å². The van der Waals surface area contributed by atoms with Gasteiger partial charge in [-0.1, -0.05) is 91.0 Å². The fraction of sp³-hybridized carbons (Fsp3) is 0.130. The number of nitrogens with zero attached hydrogens (tertiary/aromatic N) is 6. The first-order valence-corrected chi connectivity index (χ1v) is 25.9. The Morgan fingerprint density at radius 3 is 1.49 bits per heavy atom. The first-order valence-electron chi connectivity index (χ1n) is 28.9. The zero-order valence-corrected chi connectivity index (χ0v) is 44.2. The molecule has 15 aromatic rings. The molecule has 0 N–H and O–H groups in total. The van der Waals surface area contributed by atoms with Crippen LogP contribution in [0.15, 0.2) is 196 Å². The number of hydrogen-bond donors (Lipinski definition) is 0. The molecule has 6 heterocycles. The van der Waals surface area contributed by atoms with Gasteiger partial charge in [-0.3, -0.25) is 9.97 Å². The van der Waals surface area contributed by atoms with E-state index in [0.29, 0.717) is 27.9 Å². The van der Waals surface area contributed by atoms with Gasteiger partial charge in [-0.05, 0) is 149 Å². The molecule has 0 radical (unpaired) electrons. The normalized spacial score (nSPS) is 13.1. The summed E-state index contributed by atoms with van der Waals surface area (Å²) in [5.74, 6) is 0.671. The number of rotatable bonds is 3. The number of benzene rings is 9. The van der Waals surface area contributed by atoms with Crippen molar-refractivity contribution in [3.63, 3.8) is 0 Å². The number of aromatic nitrogens is 6. The van der Waals surface area contributed by atoms with Crippen LogP contribution in [0.25, 0.3) is 132 Å². The second kappa shape index (κ2) is 18.9. The van der Waals surface area contributed by atoms with Gasteiger partial charge in [-0.15, -0.1) is 0 Å². The van der Waals surface area contributed by atoms with E-state index < -0.39 is 13.7 Å². The molecular weight excluding hydrogens is 961 g/mol. The van der Waals surface area contributed by atoms with Gasteiger partial charge in [-0.2, -0.15) is 9.13 Å². The van der Waals surface area contributed by atoms with Gasteiger partial charge in [0.05, 0.1) is 49.2 Å². The van der Waals surface area contributed by atoms with E-state index >= 15 is 0 Å². The predicted molar refractivity (Wildman–Crippen MR) is 315 cm³/mol. The molecule has 0 aliphatic carbocycles. The summed E-state index contributed by atoms with van der Waals surface area (Å²) in [6.45, 7) is 3.80. The molecule has 0 unspecified atom stereocenters. The maximum absolute atomic E-state index is 8.12. The summed E-state index contributed by atoms with van der Waals surface area (Å²) in [6, 6.07) is 45.4. The van der Waals surface area contributed by atoms with E-state index in [4.69, 9.17) is 21.5 Å². The smallest absolute Gasteiger partial charge is 0.334 e. The highest BCUT2D eigenvalue weighted by atomic mass is 16.3. The largest absolute Gasteiger partial charge is 0.455 e. The third-order valence-electron chi connectivity index (χ3n) is 15.3. The second-order valence-corrected chi connectivity index (χ2v) is 20.3. The number of fused-ring (bicyclic) bond motifs is 12. The molecule has 9 heteroatoms. The van der Waals surface area contributed by atoms with Gasteiger partial charge < -0.3 is 13.3 Å². The third-order valence-corrected chi connectivity index (χ3v) is 15.3. The Kier molecular flexibility index (Phi) is 10.1. The highest BCUT2D eigenvalue weighted by Gasteiger charge is 2.26. The van der Waals surface area contributed by atoms with Crippen LogP contribution in [-0.2, 0) is 21.1 Å². The molecule has 15 rings (SSSR count). The van der Waals surface area contributed by atoms with Gasteiger partial charge in [-0.25, -0.2) is 4.57 Å². The van der Waals surface area contributed by atoms with Crippen molar-refractivity contribution in [3.05, 3.63) is 216 Å². The van der Waals surface area contributed by atoms with Crippen molar-refractivity contribution in [3.8, 4) is 33.9 Å². The first-order chi connectivity index (χ1) is 40.3. The lowest BCUT2D eigenvalue weighted by Gasteiger charge is -2.08. The van der Waals surface area contributed by atoms with Crippen LogP contribution in [0.1, 0.15) is 41.6 Å². The Morgan fingerprint density at radius 2 is 0.936 bits per heavy atom. The molecule has 6 aromatic heterocycles. The summed E-state index contributed by atoms with van der Waals surface area (Å²) in [6.07, 6.45) is 14.1. The van der Waals surface area contributed by atoms with Crippen molar-refractivity contribution < 1.29 is 35.2 Å². The molecule has 0 aliphatic rings. The maximum Gasteiger partial charge on any atom is 0.334 e. The van der Waals surface area contributed by atoms with Crippen LogP contribution in [0, 0.1) is 41.4 Å². The van der Waals surface area contributed by atoms with Crippen LogP contribution in [0.3, 0.4) is 0 Å². The molecule has 0 fully saturated rings. The monoisotopic (exact) mass is 1020 g/mol. The van der Waals surface area contributed by atoms with Crippen molar-refractivity contribution in [2.45, 2.75) is 41.4 Å². The fourth-order valence-electron chi connectivity index (χ4n) is 11.2. The summed E-state index contributed by atoms with van der Waals surface area (Å²) < 4.78 is 72.1. The molecule has 0 saturated carbocycles. The average molecular weight is 1020 g/mol. The van der Waals surface area contributed by atoms with Crippen molar-refractivity contribution in [1.82, 2.24) is 15.0 Å². The molecular formula is C69H57N6O3+3. The summed E-state index contributed by atoms with van der Waals surface area (Å²) in [5.41, 5.74) is 14.4. The highest BCUT2D eigenvalue weighted by molar-refractivity contribution is 6.16. The van der Waals surface area contributed by atoms with E-state index in [1.54, 1.807) is 35.4 Å². The standard InChI is InChI=1S/3C23H19N2O/c1-14-12-24-23(25(3)13-14)21-15(2)8-9-18-19-10-16-6-4-5-7-17(16)11-20(19)26-22(18)21;1-14-10-19-18-11-16-6-4-5-7-17(16)12-21(18)26-23(19)22(15(14)2)20-13-24-8-9-25(20)3;1-14-10-15(2)22(19-13-24-8-9-25(19)3)23-21(14)18-11-16-6-4-5-7-17(16)12-20(18)26-23/h3*4-13H,1-3H3/q3*+1/i1D3;;1D3. The topological polar surface area (TPSA) is 89.7 Å². The van der Waals surface area contributed by atoms with Crippen molar-refractivity contribution in [2.24, 2.45) is 21.1 Å². The molecule has 0 saturated heterocycles. The van der Waals surface area contributed by atoms with Crippen LogP contribution < -0.4 is 13.7 Å². The molecule has 0 spiro atoms. The first kappa shape index (κ1) is 41.6. The van der Waals surface area contributed by atoms with Gasteiger partial charge in [0.15, 0.2) is 18.0 Å². The second-order valence-electron chi connectivity index (χ2n) is 20.3. The predicted octanol–water partition coefficient (Wildman–Crippen LogP) is 15.7. The van der Waals surface area contributed by atoms with Crippen LogP contribution in [0.4, 0.5) is 0 Å². The third kappa shape index (κ3) is 8.09. The van der Waals surface area contributed by atoms with Gasteiger partial charge in [0.2, 0.25) is 11.4 Å². The van der Waals surface area contributed by atoms with Gasteiger partial charge in [0, 0.05) is 46.1 Å². The molecule has 0 aliphatic heterocycles. The van der Waals surface area contributed by atoms with Crippen LogP contribution in [-0.4, -0.2) is 15.0 Å². The zero-order chi connectivity index (χ0) is 58.5. The minimum absolute atomic E-state index is 0.212. The van der Waals surface area contributed by atoms with E-state index in [1.807, 2.05) is 107 Å². The maximum atomic E-state index is 8.12. The summed E-state index contributed by atoms with van der Waals surface area (Å²) in [7, 11) is 5.80. The lowest BCUT2D eigenvalue weighted by atomic mass is 9.96. The van der Waals surface area contributed by atoms with E-state index in [0.717, 1.165) is 110 Å². The molecule has 378 valence electrons. The Morgan fingerprint density at radius 1 is 0.423 bits per heavy atom. The molecule has 0 bridgehead atoms. The van der Waals surface area contributed by atoms with Crippen molar-refractivity contribution in [2.75, 3.05) is 0 Å².